The van der Waals surface area contributed by atoms with Crippen LogP contribution >= 0.6 is 0 Å². The zero-order chi connectivity index (χ0) is 10.7. The molecule has 0 bridgehead atoms. The highest BCUT2D eigenvalue weighted by atomic mass is 15.5. The molecule has 0 fully saturated rings. The summed E-state index contributed by atoms with van der Waals surface area (Å²) < 4.78 is 3.66. The third kappa shape index (κ3) is 2.20. The van der Waals surface area contributed by atoms with Crippen LogP contribution in [0.4, 0.5) is 0 Å². The first kappa shape index (κ1) is 9.82. The van der Waals surface area contributed by atoms with E-state index < -0.39 is 0 Å². The lowest BCUT2D eigenvalue weighted by Crippen LogP contribution is -2.10. The van der Waals surface area contributed by atoms with Gasteiger partial charge in [-0.3, -0.25) is 4.68 Å². The number of aryl methyl sites for hydroxylation is 2. The van der Waals surface area contributed by atoms with Gasteiger partial charge in [0.25, 0.3) is 0 Å². The Bertz CT molecular complexity index is 429. The van der Waals surface area contributed by atoms with Crippen molar-refractivity contribution in [1.29, 1.82) is 0 Å². The van der Waals surface area contributed by atoms with Crippen molar-refractivity contribution in [3.8, 4) is 0 Å². The summed E-state index contributed by atoms with van der Waals surface area (Å²) in [6.45, 7) is 5.59. The number of hydrogen-bond acceptors (Lipinski definition) is 4. The molecule has 2 aromatic rings. The third-order valence-electron chi connectivity index (χ3n) is 2.11. The van der Waals surface area contributed by atoms with Crippen LogP contribution in [0.5, 0.6) is 0 Å². The summed E-state index contributed by atoms with van der Waals surface area (Å²) in [4.78, 5) is 0. The van der Waals surface area contributed by atoms with E-state index >= 15 is 0 Å². The Hall–Kier alpha value is -1.72. The molecule has 0 spiro atoms. The van der Waals surface area contributed by atoms with Gasteiger partial charge in [0.05, 0.1) is 6.20 Å². The molecule has 0 saturated heterocycles. The Labute approximate surface area is 87.9 Å². The predicted octanol–water partition coefficient (Wildman–Crippen LogP) is 0.636. The first-order chi connectivity index (χ1) is 7.29. The fraction of sp³-hybridized carbons (Fsp3) is 0.556. The van der Waals surface area contributed by atoms with Crippen LogP contribution in [0.15, 0.2) is 12.4 Å². The molecule has 0 saturated carbocycles. The highest BCUT2D eigenvalue weighted by Gasteiger charge is 2.06. The molecule has 0 unspecified atom stereocenters. The molecule has 2 aromatic heterocycles. The molecule has 0 aliphatic carbocycles. The van der Waals surface area contributed by atoms with Crippen molar-refractivity contribution in [2.24, 2.45) is 0 Å². The standard InChI is InChI=1S/C9H14N6/c1-3-4-15-9(11-12-13-15)7-14-6-8(2)5-10-14/h5-6H,3-4,7H2,1-2H3. The molecular weight excluding hydrogens is 192 g/mol. The lowest BCUT2D eigenvalue weighted by molar-refractivity contribution is 0.531. The van der Waals surface area contributed by atoms with Gasteiger partial charge < -0.3 is 0 Å². The molecule has 0 N–H and O–H groups in total. The number of hydrogen-bond donors (Lipinski definition) is 0. The molecule has 6 nitrogen and oxygen atoms in total. The van der Waals surface area contributed by atoms with E-state index in [-0.39, 0.29) is 0 Å². The Morgan fingerprint density at radius 1 is 1.40 bits per heavy atom. The van der Waals surface area contributed by atoms with Crippen LogP contribution in [0.25, 0.3) is 0 Å². The van der Waals surface area contributed by atoms with Gasteiger partial charge in [-0.2, -0.15) is 5.10 Å². The maximum absolute atomic E-state index is 4.20. The van der Waals surface area contributed by atoms with E-state index in [4.69, 9.17) is 0 Å². The Morgan fingerprint density at radius 3 is 2.93 bits per heavy atom. The average molecular weight is 206 g/mol. The zero-order valence-electron chi connectivity index (χ0n) is 8.96. The molecule has 0 aromatic carbocycles. The minimum absolute atomic E-state index is 0.626. The summed E-state index contributed by atoms with van der Waals surface area (Å²) in [5.41, 5.74) is 1.14. The van der Waals surface area contributed by atoms with Gasteiger partial charge in [0.1, 0.15) is 6.54 Å². The van der Waals surface area contributed by atoms with Gasteiger partial charge in [-0.25, -0.2) is 4.68 Å². The summed E-state index contributed by atoms with van der Waals surface area (Å²) in [6, 6.07) is 0. The van der Waals surface area contributed by atoms with Gasteiger partial charge in [0.15, 0.2) is 5.82 Å². The second kappa shape index (κ2) is 4.20. The van der Waals surface area contributed by atoms with E-state index in [0.717, 1.165) is 24.4 Å². The summed E-state index contributed by atoms with van der Waals surface area (Å²) >= 11 is 0. The summed E-state index contributed by atoms with van der Waals surface area (Å²) in [7, 11) is 0. The molecule has 0 radical (unpaired) electrons. The van der Waals surface area contributed by atoms with Gasteiger partial charge in [-0.1, -0.05) is 6.92 Å². The second-order valence-corrected chi connectivity index (χ2v) is 3.53. The summed E-state index contributed by atoms with van der Waals surface area (Å²) in [5.74, 6) is 0.847. The smallest absolute Gasteiger partial charge is 0.172 e. The van der Waals surface area contributed by atoms with Gasteiger partial charge in [-0.15, -0.1) is 5.10 Å². The number of nitrogens with zero attached hydrogens (tertiary/aromatic N) is 6. The van der Waals surface area contributed by atoms with Crippen LogP contribution in [-0.4, -0.2) is 30.0 Å². The molecule has 15 heavy (non-hydrogen) atoms. The number of rotatable bonds is 4. The Morgan fingerprint density at radius 2 is 2.27 bits per heavy atom. The zero-order valence-corrected chi connectivity index (χ0v) is 8.96. The minimum atomic E-state index is 0.626. The third-order valence-corrected chi connectivity index (χ3v) is 2.11. The van der Waals surface area contributed by atoms with Gasteiger partial charge in [0.2, 0.25) is 0 Å². The van der Waals surface area contributed by atoms with E-state index in [2.05, 4.69) is 27.5 Å². The summed E-state index contributed by atoms with van der Waals surface area (Å²) in [6.07, 6.45) is 4.83. The molecule has 6 heteroatoms. The van der Waals surface area contributed by atoms with Crippen molar-refractivity contribution in [3.05, 3.63) is 23.8 Å². The van der Waals surface area contributed by atoms with Crippen molar-refractivity contribution >= 4 is 0 Å². The lowest BCUT2D eigenvalue weighted by atomic mass is 10.4. The Kier molecular flexibility index (Phi) is 2.75. The van der Waals surface area contributed by atoms with Crippen LogP contribution in [0.2, 0.25) is 0 Å². The van der Waals surface area contributed by atoms with Crippen LogP contribution in [0.1, 0.15) is 24.7 Å². The van der Waals surface area contributed by atoms with Crippen molar-refractivity contribution in [2.45, 2.75) is 33.4 Å². The molecule has 0 atom stereocenters. The maximum Gasteiger partial charge on any atom is 0.172 e. The molecule has 0 aliphatic heterocycles. The fourth-order valence-corrected chi connectivity index (χ4v) is 1.42. The van der Waals surface area contributed by atoms with E-state index in [9.17, 15) is 0 Å². The van der Waals surface area contributed by atoms with E-state index in [1.807, 2.05) is 28.7 Å². The maximum atomic E-state index is 4.20. The second-order valence-electron chi connectivity index (χ2n) is 3.53. The number of aromatic nitrogens is 6. The topological polar surface area (TPSA) is 61.4 Å². The predicted molar refractivity (Wildman–Crippen MR) is 54.2 cm³/mol. The summed E-state index contributed by atoms with van der Waals surface area (Å²) in [5, 5.41) is 15.8. The highest BCUT2D eigenvalue weighted by Crippen LogP contribution is 2.00. The molecule has 80 valence electrons. The lowest BCUT2D eigenvalue weighted by Gasteiger charge is -2.02. The van der Waals surface area contributed by atoms with Crippen molar-refractivity contribution in [3.63, 3.8) is 0 Å². The molecule has 2 rings (SSSR count). The van der Waals surface area contributed by atoms with Gasteiger partial charge in [0, 0.05) is 12.7 Å². The molecule has 2 heterocycles. The van der Waals surface area contributed by atoms with Crippen LogP contribution in [0, 0.1) is 6.92 Å². The molecule has 0 aliphatic rings. The number of tetrazole rings is 1. The first-order valence-electron chi connectivity index (χ1n) is 5.03. The normalized spacial score (nSPS) is 10.8. The van der Waals surface area contributed by atoms with E-state index in [1.165, 1.54) is 0 Å². The van der Waals surface area contributed by atoms with Crippen molar-refractivity contribution in [2.75, 3.05) is 0 Å². The van der Waals surface area contributed by atoms with E-state index in [0.29, 0.717) is 6.54 Å². The monoisotopic (exact) mass is 206 g/mol. The van der Waals surface area contributed by atoms with Crippen LogP contribution < -0.4 is 0 Å². The van der Waals surface area contributed by atoms with Gasteiger partial charge in [-0.05, 0) is 29.3 Å². The average Bonchev–Trinajstić information content (AvgIpc) is 2.78. The first-order valence-corrected chi connectivity index (χ1v) is 5.03. The highest BCUT2D eigenvalue weighted by molar-refractivity contribution is 5.00. The van der Waals surface area contributed by atoms with Crippen LogP contribution in [0.3, 0.4) is 0 Å². The van der Waals surface area contributed by atoms with Crippen molar-refractivity contribution in [1.82, 2.24) is 30.0 Å². The largest absolute Gasteiger partial charge is 0.265 e. The quantitative estimate of drug-likeness (QED) is 0.736. The molecule has 0 amide bonds. The van der Waals surface area contributed by atoms with Gasteiger partial charge >= 0.3 is 0 Å². The SMILES string of the molecule is CCCn1nnnc1Cn1cc(C)cn1. The molecular formula is C9H14N6. The minimum Gasteiger partial charge on any atom is -0.265 e. The fourth-order valence-electron chi connectivity index (χ4n) is 1.42. The van der Waals surface area contributed by atoms with Crippen LogP contribution in [-0.2, 0) is 13.1 Å². The van der Waals surface area contributed by atoms with E-state index in [1.54, 1.807) is 0 Å². The Balaban J connectivity index is 2.13. The van der Waals surface area contributed by atoms with Crippen molar-refractivity contribution < 1.29 is 0 Å².